The highest BCUT2D eigenvalue weighted by Crippen LogP contribution is 2.26. The first kappa shape index (κ1) is 16.8. The maximum absolute atomic E-state index is 13.0. The molecule has 1 heterocycles. The Morgan fingerprint density at radius 2 is 1.76 bits per heavy atom. The van der Waals surface area contributed by atoms with Gasteiger partial charge in [0.05, 0.1) is 5.57 Å². The molecule has 2 N–H and O–H groups in total. The van der Waals surface area contributed by atoms with Gasteiger partial charge in [0.1, 0.15) is 12.4 Å². The molecule has 2 aromatic carbocycles. The van der Waals surface area contributed by atoms with Gasteiger partial charge in [-0.25, -0.2) is 0 Å². The average molecular weight is 336 g/mol. The summed E-state index contributed by atoms with van der Waals surface area (Å²) in [5.41, 5.74) is 7.71. The summed E-state index contributed by atoms with van der Waals surface area (Å²) in [6.07, 6.45) is 1.98. The summed E-state index contributed by atoms with van der Waals surface area (Å²) in [6.45, 7) is 0.922. The Hall–Kier alpha value is -3.08. The number of nitrogens with zero attached hydrogens (tertiary/aromatic N) is 1. The van der Waals surface area contributed by atoms with Crippen LogP contribution in [0.25, 0.3) is 6.08 Å². The Kier molecular flexibility index (Phi) is 5.14. The van der Waals surface area contributed by atoms with E-state index in [1.807, 2.05) is 60.7 Å². The van der Waals surface area contributed by atoms with Crippen molar-refractivity contribution in [3.8, 4) is 5.75 Å². The summed E-state index contributed by atoms with van der Waals surface area (Å²) >= 11 is 0. The molecule has 5 nitrogen and oxygen atoms in total. The van der Waals surface area contributed by atoms with Gasteiger partial charge in [-0.1, -0.05) is 48.5 Å². The molecule has 0 spiro atoms. The number of ether oxygens (including phenoxy) is 1. The minimum absolute atomic E-state index is 0.128. The lowest BCUT2D eigenvalue weighted by Gasteiger charge is -2.25. The quantitative estimate of drug-likeness (QED) is 0.880. The van der Waals surface area contributed by atoms with Crippen molar-refractivity contribution in [2.45, 2.75) is 13.0 Å². The molecule has 0 unspecified atom stereocenters. The molecule has 1 aliphatic heterocycles. The van der Waals surface area contributed by atoms with Crippen LogP contribution in [-0.4, -0.2) is 29.9 Å². The zero-order chi connectivity index (χ0) is 17.6. The molecule has 0 aliphatic carbocycles. The first-order chi connectivity index (χ1) is 12.1. The highest BCUT2D eigenvalue weighted by molar-refractivity contribution is 5.99. The summed E-state index contributed by atoms with van der Waals surface area (Å²) in [5.74, 6) is 0.204. The number of hydrogen-bond acceptors (Lipinski definition) is 3. The van der Waals surface area contributed by atoms with Crippen molar-refractivity contribution in [2.24, 2.45) is 5.73 Å². The lowest BCUT2D eigenvalue weighted by atomic mass is 10.1. The smallest absolute Gasteiger partial charge is 0.253 e. The van der Waals surface area contributed by atoms with Gasteiger partial charge in [0, 0.05) is 25.1 Å². The number of primary amides is 1. The molecule has 0 aromatic heterocycles. The van der Waals surface area contributed by atoms with Crippen LogP contribution in [0.15, 0.2) is 60.2 Å². The van der Waals surface area contributed by atoms with E-state index in [0.29, 0.717) is 12.1 Å². The van der Waals surface area contributed by atoms with E-state index in [1.54, 1.807) is 4.90 Å². The third-order valence-corrected chi connectivity index (χ3v) is 4.04. The Morgan fingerprint density at radius 1 is 1.04 bits per heavy atom. The number of amides is 2. The Balaban J connectivity index is 1.81. The first-order valence-corrected chi connectivity index (χ1v) is 8.17. The van der Waals surface area contributed by atoms with Crippen LogP contribution in [0.2, 0.25) is 0 Å². The van der Waals surface area contributed by atoms with Crippen LogP contribution >= 0.6 is 0 Å². The van der Waals surface area contributed by atoms with Crippen molar-refractivity contribution in [2.75, 3.05) is 13.2 Å². The van der Waals surface area contributed by atoms with Crippen molar-refractivity contribution >= 4 is 17.9 Å². The van der Waals surface area contributed by atoms with Crippen molar-refractivity contribution in [1.82, 2.24) is 4.90 Å². The van der Waals surface area contributed by atoms with Gasteiger partial charge in [0.25, 0.3) is 5.91 Å². The topological polar surface area (TPSA) is 72.6 Å². The van der Waals surface area contributed by atoms with Gasteiger partial charge >= 0.3 is 0 Å². The molecule has 25 heavy (non-hydrogen) atoms. The fraction of sp³-hybridized carbons (Fsp3) is 0.200. The lowest BCUT2D eigenvalue weighted by molar-refractivity contribution is -0.128. The van der Waals surface area contributed by atoms with Gasteiger partial charge in [-0.15, -0.1) is 0 Å². The maximum atomic E-state index is 13.0. The normalized spacial score (nSPS) is 12.6. The molecule has 2 aromatic rings. The number of rotatable bonds is 6. The van der Waals surface area contributed by atoms with Crippen molar-refractivity contribution in [1.29, 1.82) is 0 Å². The summed E-state index contributed by atoms with van der Waals surface area (Å²) in [6, 6.07) is 17.3. The molecule has 0 bridgehead atoms. The van der Waals surface area contributed by atoms with Crippen molar-refractivity contribution in [3.05, 3.63) is 71.3 Å². The predicted octanol–water partition coefficient (Wildman–Crippen LogP) is 2.37. The zero-order valence-electron chi connectivity index (χ0n) is 13.9. The van der Waals surface area contributed by atoms with E-state index in [9.17, 15) is 9.59 Å². The van der Waals surface area contributed by atoms with Gasteiger partial charge < -0.3 is 15.4 Å². The summed E-state index contributed by atoms with van der Waals surface area (Å²) in [4.78, 5) is 25.8. The zero-order valence-corrected chi connectivity index (χ0v) is 13.9. The second-order valence-electron chi connectivity index (χ2n) is 5.92. The molecule has 0 atom stereocenters. The minimum Gasteiger partial charge on any atom is -0.488 e. The number of benzene rings is 2. The van der Waals surface area contributed by atoms with Gasteiger partial charge in [0.2, 0.25) is 5.91 Å². The molecule has 1 aliphatic rings. The third-order valence-electron chi connectivity index (χ3n) is 4.04. The number of fused-ring (bicyclic) bond motifs is 1. The van der Waals surface area contributed by atoms with Gasteiger partial charge in [-0.05, 0) is 17.7 Å². The van der Waals surface area contributed by atoms with Gasteiger partial charge in [-0.3, -0.25) is 9.59 Å². The Bertz CT molecular complexity index is 800. The van der Waals surface area contributed by atoms with E-state index < -0.39 is 5.91 Å². The molecular weight excluding hydrogens is 316 g/mol. The standard InChI is InChI=1S/C20H20N2O3/c21-19(23)10-11-22(13-15-6-2-1-3-7-15)20(24)17-12-16-8-4-5-9-18(16)25-14-17/h1-9,12H,10-11,13-14H2,(H2,21,23). The van der Waals surface area contributed by atoms with Crippen LogP contribution in [0.5, 0.6) is 5.75 Å². The highest BCUT2D eigenvalue weighted by atomic mass is 16.5. The van der Waals surface area contributed by atoms with E-state index in [2.05, 4.69) is 0 Å². The molecular formula is C20H20N2O3. The molecule has 0 saturated carbocycles. The van der Waals surface area contributed by atoms with E-state index in [4.69, 9.17) is 10.5 Å². The van der Waals surface area contributed by atoms with Crippen molar-refractivity contribution < 1.29 is 14.3 Å². The van der Waals surface area contributed by atoms with Gasteiger partial charge in [0.15, 0.2) is 0 Å². The molecule has 0 fully saturated rings. The van der Waals surface area contributed by atoms with E-state index >= 15 is 0 Å². The second-order valence-corrected chi connectivity index (χ2v) is 5.92. The monoisotopic (exact) mass is 336 g/mol. The molecule has 0 saturated heterocycles. The van der Waals surface area contributed by atoms with E-state index in [0.717, 1.165) is 16.9 Å². The molecule has 128 valence electrons. The maximum Gasteiger partial charge on any atom is 0.253 e. The van der Waals surface area contributed by atoms with Crippen molar-refractivity contribution in [3.63, 3.8) is 0 Å². The van der Waals surface area contributed by atoms with E-state index in [-0.39, 0.29) is 25.5 Å². The van der Waals surface area contributed by atoms with Gasteiger partial charge in [-0.2, -0.15) is 0 Å². The first-order valence-electron chi connectivity index (χ1n) is 8.17. The summed E-state index contributed by atoms with van der Waals surface area (Å²) in [5, 5.41) is 0. The summed E-state index contributed by atoms with van der Waals surface area (Å²) in [7, 11) is 0. The Morgan fingerprint density at radius 3 is 2.52 bits per heavy atom. The average Bonchev–Trinajstić information content (AvgIpc) is 2.65. The van der Waals surface area contributed by atoms with Crippen LogP contribution in [0.1, 0.15) is 17.5 Å². The van der Waals surface area contributed by atoms with Crippen LogP contribution in [0.4, 0.5) is 0 Å². The number of carbonyl (C=O) groups excluding carboxylic acids is 2. The third kappa shape index (κ3) is 4.26. The van der Waals surface area contributed by atoms with Crippen LogP contribution in [0, 0.1) is 0 Å². The van der Waals surface area contributed by atoms with Crippen LogP contribution < -0.4 is 10.5 Å². The van der Waals surface area contributed by atoms with Crippen LogP contribution in [-0.2, 0) is 16.1 Å². The Labute approximate surface area is 146 Å². The number of nitrogens with two attached hydrogens (primary N) is 1. The molecule has 2 amide bonds. The van der Waals surface area contributed by atoms with E-state index in [1.165, 1.54) is 0 Å². The summed E-state index contributed by atoms with van der Waals surface area (Å²) < 4.78 is 5.68. The molecule has 0 radical (unpaired) electrons. The number of hydrogen-bond donors (Lipinski definition) is 1. The fourth-order valence-electron chi connectivity index (χ4n) is 2.74. The lowest BCUT2D eigenvalue weighted by Crippen LogP contribution is -2.36. The fourth-order valence-corrected chi connectivity index (χ4v) is 2.74. The minimum atomic E-state index is -0.426. The second kappa shape index (κ2) is 7.66. The molecule has 5 heteroatoms. The SMILES string of the molecule is NC(=O)CCN(Cc1ccccc1)C(=O)C1=Cc2ccccc2OC1. The number of carbonyl (C=O) groups is 2. The van der Waals surface area contributed by atoms with Crippen LogP contribution in [0.3, 0.4) is 0 Å². The highest BCUT2D eigenvalue weighted by Gasteiger charge is 2.22. The largest absolute Gasteiger partial charge is 0.488 e. The number of para-hydroxylation sites is 1. The predicted molar refractivity (Wildman–Crippen MR) is 95.6 cm³/mol. The molecule has 3 rings (SSSR count).